The van der Waals surface area contributed by atoms with E-state index in [1.54, 1.807) is 0 Å². The van der Waals surface area contributed by atoms with Crippen molar-refractivity contribution >= 4 is 5.91 Å². The molecule has 1 amide bonds. The van der Waals surface area contributed by atoms with E-state index >= 15 is 0 Å². The lowest BCUT2D eigenvalue weighted by atomic mass is 9.86. The van der Waals surface area contributed by atoms with Crippen LogP contribution in [0.5, 0.6) is 0 Å². The SMILES string of the molecule is CC1CCCC(N(C)C(=O)COC2(C)CNC2)C1. The molecule has 1 saturated carbocycles. The fraction of sp³-hybridized carbons (Fsp3) is 0.929. The Morgan fingerprint density at radius 2 is 2.17 bits per heavy atom. The van der Waals surface area contributed by atoms with E-state index in [0.717, 1.165) is 31.8 Å². The third-order valence-corrected chi connectivity index (χ3v) is 4.39. The van der Waals surface area contributed by atoms with Crippen molar-refractivity contribution in [2.45, 2.75) is 51.2 Å². The van der Waals surface area contributed by atoms with E-state index in [0.29, 0.717) is 6.04 Å². The normalized spacial score (nSPS) is 30.6. The van der Waals surface area contributed by atoms with E-state index in [4.69, 9.17) is 4.74 Å². The molecule has 0 aromatic carbocycles. The van der Waals surface area contributed by atoms with Gasteiger partial charge in [0.15, 0.2) is 0 Å². The van der Waals surface area contributed by atoms with Crippen molar-refractivity contribution in [1.82, 2.24) is 10.2 Å². The minimum Gasteiger partial charge on any atom is -0.363 e. The third-order valence-electron chi connectivity index (χ3n) is 4.39. The molecule has 1 N–H and O–H groups in total. The van der Waals surface area contributed by atoms with Gasteiger partial charge < -0.3 is 15.0 Å². The van der Waals surface area contributed by atoms with Gasteiger partial charge >= 0.3 is 0 Å². The zero-order chi connectivity index (χ0) is 13.2. The molecular weight excluding hydrogens is 228 g/mol. The summed E-state index contributed by atoms with van der Waals surface area (Å²) in [4.78, 5) is 14.0. The molecule has 2 unspecified atom stereocenters. The van der Waals surface area contributed by atoms with Crippen molar-refractivity contribution in [1.29, 1.82) is 0 Å². The standard InChI is InChI=1S/C14H26N2O2/c1-11-5-4-6-12(7-11)16(3)13(17)8-18-14(2)9-15-10-14/h11-12,15H,4-10H2,1-3H3. The highest BCUT2D eigenvalue weighted by atomic mass is 16.5. The maximum Gasteiger partial charge on any atom is 0.248 e. The molecule has 0 spiro atoms. The number of rotatable bonds is 4. The van der Waals surface area contributed by atoms with E-state index in [9.17, 15) is 4.79 Å². The summed E-state index contributed by atoms with van der Waals surface area (Å²) < 4.78 is 5.71. The first-order valence-electron chi connectivity index (χ1n) is 7.10. The van der Waals surface area contributed by atoms with Gasteiger partial charge in [-0.15, -0.1) is 0 Å². The summed E-state index contributed by atoms with van der Waals surface area (Å²) in [6.07, 6.45) is 4.83. The number of nitrogens with one attached hydrogen (secondary N) is 1. The van der Waals surface area contributed by atoms with Crippen LogP contribution in [-0.2, 0) is 9.53 Å². The van der Waals surface area contributed by atoms with Gasteiger partial charge in [0.2, 0.25) is 5.91 Å². The van der Waals surface area contributed by atoms with Gasteiger partial charge in [-0.3, -0.25) is 4.79 Å². The average Bonchev–Trinajstić information content (AvgIpc) is 2.32. The van der Waals surface area contributed by atoms with E-state index in [1.165, 1.54) is 12.8 Å². The summed E-state index contributed by atoms with van der Waals surface area (Å²) in [7, 11) is 1.93. The van der Waals surface area contributed by atoms with Crippen LogP contribution >= 0.6 is 0 Å². The maximum absolute atomic E-state index is 12.1. The van der Waals surface area contributed by atoms with Gasteiger partial charge in [0.1, 0.15) is 6.61 Å². The van der Waals surface area contributed by atoms with E-state index in [-0.39, 0.29) is 18.1 Å². The zero-order valence-electron chi connectivity index (χ0n) is 11.9. The van der Waals surface area contributed by atoms with Crippen molar-refractivity contribution < 1.29 is 9.53 Å². The van der Waals surface area contributed by atoms with Crippen LogP contribution in [0.1, 0.15) is 39.5 Å². The highest BCUT2D eigenvalue weighted by Gasteiger charge is 2.34. The van der Waals surface area contributed by atoms with Crippen LogP contribution in [0.4, 0.5) is 0 Å². The summed E-state index contributed by atoms with van der Waals surface area (Å²) in [6, 6.07) is 0.414. The van der Waals surface area contributed by atoms with Crippen molar-refractivity contribution in [2.75, 3.05) is 26.7 Å². The average molecular weight is 254 g/mol. The molecule has 2 fully saturated rings. The Morgan fingerprint density at radius 1 is 1.44 bits per heavy atom. The lowest BCUT2D eigenvalue weighted by Gasteiger charge is -2.40. The molecule has 0 radical (unpaired) electrons. The molecule has 1 aliphatic heterocycles. The summed E-state index contributed by atoms with van der Waals surface area (Å²) in [6.45, 7) is 6.26. The Labute approximate surface area is 110 Å². The minimum atomic E-state index is -0.129. The van der Waals surface area contributed by atoms with Gasteiger partial charge in [-0.05, 0) is 25.7 Å². The second-order valence-electron chi connectivity index (χ2n) is 6.27. The maximum atomic E-state index is 12.1. The Bertz CT molecular complexity index is 302. The summed E-state index contributed by atoms with van der Waals surface area (Å²) in [5, 5.41) is 3.17. The van der Waals surface area contributed by atoms with Crippen LogP contribution in [0.3, 0.4) is 0 Å². The first-order valence-corrected chi connectivity index (χ1v) is 7.10. The number of nitrogens with zero attached hydrogens (tertiary/aromatic N) is 1. The van der Waals surface area contributed by atoms with Gasteiger partial charge in [-0.1, -0.05) is 19.8 Å². The van der Waals surface area contributed by atoms with Crippen LogP contribution in [0.25, 0.3) is 0 Å². The van der Waals surface area contributed by atoms with E-state index < -0.39 is 0 Å². The Kier molecular flexibility index (Phi) is 4.28. The molecule has 104 valence electrons. The van der Waals surface area contributed by atoms with E-state index in [2.05, 4.69) is 19.2 Å². The molecule has 0 bridgehead atoms. The number of carbonyl (C=O) groups is 1. The number of ether oxygens (including phenoxy) is 1. The fourth-order valence-electron chi connectivity index (χ4n) is 2.87. The molecule has 1 saturated heterocycles. The Balaban J connectivity index is 1.77. The zero-order valence-corrected chi connectivity index (χ0v) is 11.9. The largest absolute Gasteiger partial charge is 0.363 e. The lowest BCUT2D eigenvalue weighted by molar-refractivity contribution is -0.147. The highest BCUT2D eigenvalue weighted by molar-refractivity contribution is 5.77. The first kappa shape index (κ1) is 13.8. The van der Waals surface area contributed by atoms with Gasteiger partial charge in [0.05, 0.1) is 5.60 Å². The molecular formula is C14H26N2O2. The number of amides is 1. The summed E-state index contributed by atoms with van der Waals surface area (Å²) >= 11 is 0. The number of carbonyl (C=O) groups excluding carboxylic acids is 1. The Morgan fingerprint density at radius 3 is 2.72 bits per heavy atom. The van der Waals surface area contributed by atoms with Crippen LogP contribution in [0, 0.1) is 5.92 Å². The molecule has 1 heterocycles. The molecule has 2 aliphatic rings. The van der Waals surface area contributed by atoms with Crippen LogP contribution in [0.15, 0.2) is 0 Å². The number of hydrogen-bond acceptors (Lipinski definition) is 3. The summed E-state index contributed by atoms with van der Waals surface area (Å²) in [5.41, 5.74) is -0.129. The first-order chi connectivity index (χ1) is 8.50. The molecule has 0 aromatic rings. The molecule has 2 atom stereocenters. The van der Waals surface area contributed by atoms with Crippen LogP contribution < -0.4 is 5.32 Å². The van der Waals surface area contributed by atoms with Crippen molar-refractivity contribution in [3.05, 3.63) is 0 Å². The fourth-order valence-corrected chi connectivity index (χ4v) is 2.87. The number of hydrogen-bond donors (Lipinski definition) is 1. The Hall–Kier alpha value is -0.610. The van der Waals surface area contributed by atoms with Crippen molar-refractivity contribution in [3.8, 4) is 0 Å². The van der Waals surface area contributed by atoms with Crippen molar-refractivity contribution in [3.63, 3.8) is 0 Å². The predicted octanol–water partition coefficient (Wildman–Crippen LogP) is 1.40. The molecule has 4 heteroatoms. The monoisotopic (exact) mass is 254 g/mol. The van der Waals surface area contributed by atoms with Crippen LogP contribution in [0.2, 0.25) is 0 Å². The van der Waals surface area contributed by atoms with Gasteiger partial charge in [-0.25, -0.2) is 0 Å². The molecule has 1 aliphatic carbocycles. The van der Waals surface area contributed by atoms with Crippen molar-refractivity contribution in [2.24, 2.45) is 5.92 Å². The molecule has 0 aromatic heterocycles. The molecule has 18 heavy (non-hydrogen) atoms. The van der Waals surface area contributed by atoms with Crippen LogP contribution in [-0.4, -0.2) is 49.2 Å². The predicted molar refractivity (Wildman–Crippen MR) is 71.4 cm³/mol. The second-order valence-corrected chi connectivity index (χ2v) is 6.27. The second kappa shape index (κ2) is 5.57. The van der Waals surface area contributed by atoms with Gasteiger partial charge in [0.25, 0.3) is 0 Å². The lowest BCUT2D eigenvalue weighted by Crippen LogP contribution is -2.59. The van der Waals surface area contributed by atoms with E-state index in [1.807, 2.05) is 11.9 Å². The molecule has 2 rings (SSSR count). The topological polar surface area (TPSA) is 41.6 Å². The smallest absolute Gasteiger partial charge is 0.248 e. The van der Waals surface area contributed by atoms with Gasteiger partial charge in [0, 0.05) is 26.2 Å². The number of likely N-dealkylation sites (N-methyl/N-ethyl adjacent to an activating group) is 1. The summed E-state index contributed by atoms with van der Waals surface area (Å²) in [5.74, 6) is 0.871. The highest BCUT2D eigenvalue weighted by Crippen LogP contribution is 2.26. The minimum absolute atomic E-state index is 0.127. The van der Waals surface area contributed by atoms with Gasteiger partial charge in [-0.2, -0.15) is 0 Å². The third kappa shape index (κ3) is 3.23. The molecule has 4 nitrogen and oxygen atoms in total. The quantitative estimate of drug-likeness (QED) is 0.824.